The number of amides is 1. The second-order valence-corrected chi connectivity index (χ2v) is 8.37. The van der Waals surface area contributed by atoms with Crippen LogP contribution in [0.2, 0.25) is 10.0 Å². The summed E-state index contributed by atoms with van der Waals surface area (Å²) in [6.07, 6.45) is 4.06. The Morgan fingerprint density at radius 1 is 1.08 bits per heavy atom. The minimum Gasteiger partial charge on any atom is -0.346 e. The first kappa shape index (κ1) is 19.5. The van der Waals surface area contributed by atoms with E-state index in [9.17, 15) is 13.2 Å². The van der Waals surface area contributed by atoms with E-state index in [1.165, 1.54) is 18.2 Å². The number of hydrogen-bond acceptors (Lipinski definition) is 3. The number of halogens is 2. The average Bonchev–Trinajstić information content (AvgIpc) is 2.53. The van der Waals surface area contributed by atoms with Gasteiger partial charge in [0.25, 0.3) is 0 Å². The Labute approximate surface area is 157 Å². The largest absolute Gasteiger partial charge is 0.346 e. The van der Waals surface area contributed by atoms with Gasteiger partial charge in [-0.1, -0.05) is 41.4 Å². The molecule has 1 N–H and O–H groups in total. The number of sulfone groups is 1. The molecule has 2 aromatic carbocycles. The molecular weight excluding hydrogens is 381 g/mol. The summed E-state index contributed by atoms with van der Waals surface area (Å²) in [6, 6.07) is 11.2. The Morgan fingerprint density at radius 3 is 2.16 bits per heavy atom. The van der Waals surface area contributed by atoms with E-state index in [0.717, 1.165) is 11.8 Å². The first-order valence-corrected chi connectivity index (χ1v) is 10.1. The zero-order valence-corrected chi connectivity index (χ0v) is 16.0. The molecule has 132 valence electrons. The van der Waals surface area contributed by atoms with Crippen LogP contribution in [0.5, 0.6) is 0 Å². The highest BCUT2D eigenvalue weighted by molar-refractivity contribution is 7.90. The fourth-order valence-electron chi connectivity index (χ4n) is 2.18. The van der Waals surface area contributed by atoms with Crippen LogP contribution in [0.1, 0.15) is 24.1 Å². The Balaban J connectivity index is 2.06. The molecule has 1 unspecified atom stereocenters. The van der Waals surface area contributed by atoms with Gasteiger partial charge in [0.05, 0.1) is 10.9 Å². The normalized spacial score (nSPS) is 13.0. The molecule has 0 aromatic heterocycles. The number of rotatable bonds is 5. The third-order valence-electron chi connectivity index (χ3n) is 3.57. The van der Waals surface area contributed by atoms with Crippen molar-refractivity contribution in [3.05, 3.63) is 69.7 Å². The van der Waals surface area contributed by atoms with Crippen molar-refractivity contribution in [3.8, 4) is 0 Å². The van der Waals surface area contributed by atoms with Gasteiger partial charge in [-0.05, 0) is 42.8 Å². The third kappa shape index (κ3) is 5.33. The van der Waals surface area contributed by atoms with Crippen LogP contribution in [0.15, 0.2) is 53.4 Å². The van der Waals surface area contributed by atoms with Gasteiger partial charge in [-0.3, -0.25) is 4.79 Å². The van der Waals surface area contributed by atoms with Crippen molar-refractivity contribution in [2.45, 2.75) is 17.9 Å². The Hall–Kier alpha value is -1.82. The maximum Gasteiger partial charge on any atom is 0.244 e. The van der Waals surface area contributed by atoms with Gasteiger partial charge in [0.15, 0.2) is 9.84 Å². The standard InChI is InChI=1S/C18H17Cl2NO3S/c1-12(13-6-8-14(9-7-13)25(2,23)24)21-18(22)11-10-15-16(19)4-3-5-17(15)20/h3-12H,1-2H3,(H,21,22)/b11-10+. The Morgan fingerprint density at radius 2 is 1.64 bits per heavy atom. The molecule has 0 saturated carbocycles. The van der Waals surface area contributed by atoms with Gasteiger partial charge in [-0.15, -0.1) is 0 Å². The van der Waals surface area contributed by atoms with Gasteiger partial charge >= 0.3 is 0 Å². The second-order valence-electron chi connectivity index (χ2n) is 5.54. The molecule has 2 rings (SSSR count). The van der Waals surface area contributed by atoms with Crippen molar-refractivity contribution in [1.82, 2.24) is 5.32 Å². The molecule has 0 aliphatic carbocycles. The molecule has 25 heavy (non-hydrogen) atoms. The minimum atomic E-state index is -3.24. The maximum absolute atomic E-state index is 12.1. The van der Waals surface area contributed by atoms with Gasteiger partial charge < -0.3 is 5.32 Å². The van der Waals surface area contributed by atoms with Crippen molar-refractivity contribution in [3.63, 3.8) is 0 Å². The molecule has 7 heteroatoms. The molecule has 4 nitrogen and oxygen atoms in total. The number of hydrogen-bond donors (Lipinski definition) is 1. The summed E-state index contributed by atoms with van der Waals surface area (Å²) in [5, 5.41) is 3.72. The minimum absolute atomic E-state index is 0.239. The van der Waals surface area contributed by atoms with E-state index < -0.39 is 9.84 Å². The molecule has 1 atom stereocenters. The predicted molar refractivity (Wildman–Crippen MR) is 102 cm³/mol. The monoisotopic (exact) mass is 397 g/mol. The molecule has 0 aliphatic rings. The molecule has 0 spiro atoms. The lowest BCUT2D eigenvalue weighted by molar-refractivity contribution is -0.117. The van der Waals surface area contributed by atoms with Crippen LogP contribution < -0.4 is 5.32 Å². The number of benzene rings is 2. The molecule has 1 amide bonds. The predicted octanol–water partition coefficient (Wildman–Crippen LogP) is 4.29. The van der Waals surface area contributed by atoms with Gasteiger partial charge in [-0.25, -0.2) is 8.42 Å². The average molecular weight is 398 g/mol. The summed E-state index contributed by atoms with van der Waals surface area (Å²) in [7, 11) is -3.24. The summed E-state index contributed by atoms with van der Waals surface area (Å²) in [4.78, 5) is 12.3. The SMILES string of the molecule is CC(NC(=O)/C=C/c1c(Cl)cccc1Cl)c1ccc(S(C)(=O)=O)cc1. The van der Waals surface area contributed by atoms with Crippen LogP contribution in [-0.4, -0.2) is 20.6 Å². The number of nitrogens with one attached hydrogen (secondary N) is 1. The van der Waals surface area contributed by atoms with Crippen LogP contribution in [0.4, 0.5) is 0 Å². The van der Waals surface area contributed by atoms with Crippen LogP contribution in [0.25, 0.3) is 6.08 Å². The molecular formula is C18H17Cl2NO3S. The van der Waals surface area contributed by atoms with Crippen LogP contribution >= 0.6 is 23.2 Å². The highest BCUT2D eigenvalue weighted by Gasteiger charge is 2.11. The van der Waals surface area contributed by atoms with Crippen LogP contribution in [0, 0.1) is 0 Å². The van der Waals surface area contributed by atoms with Gasteiger partial charge in [0, 0.05) is 27.9 Å². The van der Waals surface area contributed by atoms with E-state index in [0.29, 0.717) is 15.6 Å². The van der Waals surface area contributed by atoms with Crippen molar-refractivity contribution < 1.29 is 13.2 Å². The molecule has 0 heterocycles. The van der Waals surface area contributed by atoms with Gasteiger partial charge in [0.1, 0.15) is 0 Å². The Bertz CT molecular complexity index is 886. The zero-order chi connectivity index (χ0) is 18.6. The lowest BCUT2D eigenvalue weighted by Gasteiger charge is -2.13. The lowest BCUT2D eigenvalue weighted by Crippen LogP contribution is -2.24. The molecule has 0 fully saturated rings. The third-order valence-corrected chi connectivity index (χ3v) is 5.36. The van der Waals surface area contributed by atoms with E-state index in [1.54, 1.807) is 36.4 Å². The molecule has 0 aliphatic heterocycles. The highest BCUT2D eigenvalue weighted by atomic mass is 35.5. The molecule has 0 bridgehead atoms. The number of carbonyl (C=O) groups is 1. The first-order chi connectivity index (χ1) is 11.7. The van der Waals surface area contributed by atoms with E-state index in [1.807, 2.05) is 6.92 Å². The topological polar surface area (TPSA) is 63.2 Å². The quantitative estimate of drug-likeness (QED) is 0.765. The highest BCUT2D eigenvalue weighted by Crippen LogP contribution is 2.25. The van der Waals surface area contributed by atoms with E-state index in [-0.39, 0.29) is 16.8 Å². The summed E-state index contributed by atoms with van der Waals surface area (Å²) in [6.45, 7) is 1.81. The van der Waals surface area contributed by atoms with Gasteiger partial charge in [0.2, 0.25) is 5.91 Å². The second kappa shape index (κ2) is 8.04. The van der Waals surface area contributed by atoms with Crippen molar-refractivity contribution in [2.75, 3.05) is 6.26 Å². The summed E-state index contributed by atoms with van der Waals surface area (Å²) < 4.78 is 22.9. The summed E-state index contributed by atoms with van der Waals surface area (Å²) in [5.41, 5.74) is 1.37. The summed E-state index contributed by atoms with van der Waals surface area (Å²) in [5.74, 6) is -0.310. The van der Waals surface area contributed by atoms with Crippen LogP contribution in [-0.2, 0) is 14.6 Å². The summed E-state index contributed by atoms with van der Waals surface area (Å²) >= 11 is 12.1. The maximum atomic E-state index is 12.1. The molecule has 0 saturated heterocycles. The first-order valence-electron chi connectivity index (χ1n) is 7.41. The van der Waals surface area contributed by atoms with E-state index in [2.05, 4.69) is 5.32 Å². The zero-order valence-electron chi connectivity index (χ0n) is 13.7. The van der Waals surface area contributed by atoms with E-state index >= 15 is 0 Å². The van der Waals surface area contributed by atoms with E-state index in [4.69, 9.17) is 23.2 Å². The van der Waals surface area contributed by atoms with Gasteiger partial charge in [-0.2, -0.15) is 0 Å². The smallest absolute Gasteiger partial charge is 0.244 e. The lowest BCUT2D eigenvalue weighted by atomic mass is 10.1. The van der Waals surface area contributed by atoms with Crippen molar-refractivity contribution >= 4 is 45.0 Å². The Kier molecular flexibility index (Phi) is 6.27. The fraction of sp³-hybridized carbons (Fsp3) is 0.167. The van der Waals surface area contributed by atoms with Crippen LogP contribution in [0.3, 0.4) is 0 Å². The van der Waals surface area contributed by atoms with Crippen molar-refractivity contribution in [2.24, 2.45) is 0 Å². The number of carbonyl (C=O) groups excluding carboxylic acids is 1. The van der Waals surface area contributed by atoms with Crippen molar-refractivity contribution in [1.29, 1.82) is 0 Å². The fourth-order valence-corrected chi connectivity index (χ4v) is 3.33. The molecule has 0 radical (unpaired) electrons. The molecule has 2 aromatic rings.